The predicted molar refractivity (Wildman–Crippen MR) is 177 cm³/mol. The molecule has 18 heteroatoms. The first-order valence-electron chi connectivity index (χ1n) is 17.5. The standard InChI is InChI=1S/C34H38ClF5N8O4/c35-27-24-16-46(6-2-8-48(24)44-29(27)31(49)45-9-11-50-12-10-45)30-20-17-51-25(26-21(34(38,39)40)3-4-22(41)28(26)37)13-23(20)42-32(43-30)52-18-33-5-1-7-47(33)15-19(36)14-33/h3-4,19,25H,1-2,5-18,41H2/t19-,25?,33+/m1/s1. The zero-order chi connectivity index (χ0) is 36.4. The van der Waals surface area contributed by atoms with Crippen LogP contribution in [-0.2, 0) is 41.8 Å². The molecule has 3 atom stereocenters. The zero-order valence-corrected chi connectivity index (χ0v) is 29.0. The Morgan fingerprint density at radius 2 is 1.92 bits per heavy atom. The Morgan fingerprint density at radius 3 is 2.71 bits per heavy atom. The smallest absolute Gasteiger partial charge is 0.416 e. The molecule has 7 heterocycles. The van der Waals surface area contributed by atoms with Gasteiger partial charge in [-0.25, -0.2) is 8.78 Å². The number of benzene rings is 1. The Labute approximate surface area is 300 Å². The summed E-state index contributed by atoms with van der Waals surface area (Å²) >= 11 is 6.86. The van der Waals surface area contributed by atoms with E-state index in [0.29, 0.717) is 81.5 Å². The van der Waals surface area contributed by atoms with Gasteiger partial charge < -0.3 is 29.7 Å². The zero-order valence-electron chi connectivity index (χ0n) is 28.2. The van der Waals surface area contributed by atoms with Crippen molar-refractivity contribution in [1.82, 2.24) is 29.5 Å². The number of morpholine rings is 1. The molecule has 1 amide bonds. The predicted octanol–water partition coefficient (Wildman–Crippen LogP) is 4.72. The number of fused-ring (bicyclic) bond motifs is 3. The van der Waals surface area contributed by atoms with Crippen LogP contribution in [0, 0.1) is 5.82 Å². The van der Waals surface area contributed by atoms with Crippen LogP contribution in [0.1, 0.15) is 70.4 Å². The minimum Gasteiger partial charge on any atom is -0.461 e. The Kier molecular flexibility index (Phi) is 9.19. The minimum atomic E-state index is -4.86. The van der Waals surface area contributed by atoms with Gasteiger partial charge in [0.25, 0.3) is 5.91 Å². The van der Waals surface area contributed by atoms with Crippen LogP contribution in [0.25, 0.3) is 0 Å². The molecule has 2 aromatic heterocycles. The van der Waals surface area contributed by atoms with Crippen molar-refractivity contribution in [2.45, 2.75) is 75.8 Å². The normalized spacial score (nSPS) is 25.1. The number of carbonyl (C=O) groups is 1. The number of alkyl halides is 4. The molecule has 3 saturated heterocycles. The van der Waals surface area contributed by atoms with Crippen LogP contribution < -0.4 is 15.4 Å². The van der Waals surface area contributed by atoms with Gasteiger partial charge in [-0.15, -0.1) is 0 Å². The van der Waals surface area contributed by atoms with Crippen LogP contribution >= 0.6 is 11.6 Å². The van der Waals surface area contributed by atoms with Crippen molar-refractivity contribution < 1.29 is 41.0 Å². The molecular formula is C34H38ClF5N8O4. The number of halogens is 6. The van der Waals surface area contributed by atoms with E-state index in [4.69, 9.17) is 36.5 Å². The molecule has 280 valence electrons. The van der Waals surface area contributed by atoms with Gasteiger partial charge in [-0.05, 0) is 37.9 Å². The number of aryl methyl sites for hydroxylation is 1. The average Bonchev–Trinajstić information content (AvgIpc) is 3.69. The third-order valence-electron chi connectivity index (χ3n) is 10.9. The Balaban J connectivity index is 1.15. The molecule has 3 fully saturated rings. The fraction of sp³-hybridized carbons (Fsp3) is 0.588. The lowest BCUT2D eigenvalue weighted by molar-refractivity contribution is -0.140. The third-order valence-corrected chi connectivity index (χ3v) is 11.3. The van der Waals surface area contributed by atoms with E-state index in [-0.39, 0.29) is 48.8 Å². The monoisotopic (exact) mass is 752 g/mol. The van der Waals surface area contributed by atoms with E-state index in [1.807, 2.05) is 4.90 Å². The first-order chi connectivity index (χ1) is 24.9. The fourth-order valence-electron chi connectivity index (χ4n) is 8.28. The highest BCUT2D eigenvalue weighted by Gasteiger charge is 2.49. The number of rotatable bonds is 6. The highest BCUT2D eigenvalue weighted by Crippen LogP contribution is 2.44. The van der Waals surface area contributed by atoms with Crippen molar-refractivity contribution in [1.29, 1.82) is 0 Å². The maximum absolute atomic E-state index is 15.4. The molecule has 2 N–H and O–H groups in total. The second-order valence-corrected chi connectivity index (χ2v) is 14.4. The summed E-state index contributed by atoms with van der Waals surface area (Å²) in [4.78, 5) is 28.5. The molecule has 1 unspecified atom stereocenters. The van der Waals surface area contributed by atoms with Crippen LogP contribution in [0.15, 0.2) is 12.1 Å². The molecule has 52 heavy (non-hydrogen) atoms. The largest absolute Gasteiger partial charge is 0.461 e. The number of hydrogen-bond acceptors (Lipinski definition) is 10. The summed E-state index contributed by atoms with van der Waals surface area (Å²) in [6, 6.07) is 1.60. The molecule has 8 rings (SSSR count). The summed E-state index contributed by atoms with van der Waals surface area (Å²) in [5.74, 6) is -1.08. The maximum Gasteiger partial charge on any atom is 0.416 e. The van der Waals surface area contributed by atoms with Crippen molar-refractivity contribution >= 4 is 29.0 Å². The number of nitrogen functional groups attached to an aromatic ring is 1. The Morgan fingerprint density at radius 1 is 1.12 bits per heavy atom. The van der Waals surface area contributed by atoms with Crippen LogP contribution in [0.2, 0.25) is 5.02 Å². The van der Waals surface area contributed by atoms with Crippen LogP contribution in [0.3, 0.4) is 0 Å². The van der Waals surface area contributed by atoms with E-state index < -0.39 is 46.6 Å². The highest BCUT2D eigenvalue weighted by molar-refractivity contribution is 6.34. The fourth-order valence-corrected chi connectivity index (χ4v) is 8.55. The minimum absolute atomic E-state index is 0.0333. The lowest BCUT2D eigenvalue weighted by atomic mass is 9.94. The van der Waals surface area contributed by atoms with E-state index in [9.17, 15) is 22.4 Å². The number of carbonyl (C=O) groups excluding carboxylic acids is 1. The quantitative estimate of drug-likeness (QED) is 0.280. The van der Waals surface area contributed by atoms with Crippen molar-refractivity contribution in [2.24, 2.45) is 0 Å². The number of nitrogens with zero attached hydrogens (tertiary/aromatic N) is 7. The maximum atomic E-state index is 15.4. The van der Waals surface area contributed by atoms with Crippen LogP contribution in [-0.4, -0.2) is 99.7 Å². The van der Waals surface area contributed by atoms with Crippen LogP contribution in [0.4, 0.5) is 33.5 Å². The van der Waals surface area contributed by atoms with Crippen molar-refractivity contribution in [2.75, 3.05) is 63.2 Å². The van der Waals surface area contributed by atoms with Gasteiger partial charge in [-0.3, -0.25) is 14.4 Å². The lowest BCUT2D eigenvalue weighted by Gasteiger charge is -2.33. The van der Waals surface area contributed by atoms with Crippen LogP contribution in [0.5, 0.6) is 6.01 Å². The second kappa shape index (κ2) is 13.6. The van der Waals surface area contributed by atoms with Gasteiger partial charge in [0.05, 0.1) is 65.7 Å². The van der Waals surface area contributed by atoms with Gasteiger partial charge in [0.1, 0.15) is 18.6 Å². The Bertz CT molecular complexity index is 1870. The number of amides is 1. The molecule has 0 aliphatic carbocycles. The number of ether oxygens (including phenoxy) is 3. The molecule has 3 aromatic rings. The van der Waals surface area contributed by atoms with E-state index in [1.54, 1.807) is 9.58 Å². The summed E-state index contributed by atoms with van der Waals surface area (Å²) in [7, 11) is 0. The molecule has 0 saturated carbocycles. The van der Waals surface area contributed by atoms with E-state index in [2.05, 4.69) is 15.0 Å². The van der Waals surface area contributed by atoms with Gasteiger partial charge >= 0.3 is 12.2 Å². The molecule has 12 nitrogen and oxygen atoms in total. The number of nitrogens with two attached hydrogens (primary N) is 1. The third kappa shape index (κ3) is 6.32. The van der Waals surface area contributed by atoms with E-state index >= 15 is 4.39 Å². The molecule has 5 aliphatic rings. The highest BCUT2D eigenvalue weighted by atomic mass is 35.5. The van der Waals surface area contributed by atoms with E-state index in [1.165, 1.54) is 0 Å². The van der Waals surface area contributed by atoms with Crippen molar-refractivity contribution in [3.8, 4) is 6.01 Å². The van der Waals surface area contributed by atoms with Gasteiger partial charge in [0.15, 0.2) is 11.5 Å². The van der Waals surface area contributed by atoms with Gasteiger partial charge in [-0.1, -0.05) is 11.6 Å². The SMILES string of the molecule is Nc1ccc(C(F)(F)F)c(C2Cc3nc(OC[C@@]45CCCN4C[C@H](F)C5)nc(N4CCCn5nc(C(=O)N6CCOCC6)c(Cl)c5C4)c3CO2)c1F. The van der Waals surface area contributed by atoms with E-state index in [0.717, 1.165) is 31.5 Å². The van der Waals surface area contributed by atoms with Gasteiger partial charge in [-0.2, -0.15) is 28.2 Å². The topological polar surface area (TPSA) is 124 Å². The summed E-state index contributed by atoms with van der Waals surface area (Å²) in [5.41, 5.74) is 4.48. The molecule has 1 aromatic carbocycles. The summed E-state index contributed by atoms with van der Waals surface area (Å²) < 4.78 is 91.6. The molecule has 0 spiro atoms. The number of aromatic nitrogens is 4. The molecule has 0 radical (unpaired) electrons. The summed E-state index contributed by atoms with van der Waals surface area (Å²) in [6.07, 6.45) is -4.87. The number of hydrogen-bond donors (Lipinski definition) is 1. The second-order valence-electron chi connectivity index (χ2n) is 14.1. The first kappa shape index (κ1) is 35.2. The molecule has 0 bridgehead atoms. The van der Waals surface area contributed by atoms with Crippen molar-refractivity contribution in [3.05, 3.63) is 56.7 Å². The summed E-state index contributed by atoms with van der Waals surface area (Å²) in [6.45, 7) is 3.80. The average molecular weight is 753 g/mol. The molecular weight excluding hydrogens is 715 g/mol. The Hall–Kier alpha value is -3.80. The molecule has 5 aliphatic heterocycles. The van der Waals surface area contributed by atoms with Gasteiger partial charge in [0, 0.05) is 56.7 Å². The van der Waals surface area contributed by atoms with Crippen molar-refractivity contribution in [3.63, 3.8) is 0 Å². The van der Waals surface area contributed by atoms with Gasteiger partial charge in [0.2, 0.25) is 0 Å². The lowest BCUT2D eigenvalue weighted by Crippen LogP contribution is -2.43. The first-order valence-corrected chi connectivity index (χ1v) is 17.8. The number of anilines is 2. The summed E-state index contributed by atoms with van der Waals surface area (Å²) in [5, 5.41) is 4.81.